The SMILES string of the molecule is Cc1cc(-c2ccc(OCC(O/N=C(\C(=O)N[C@@H]3C(=O)N(OS(=O)(=O)O)C3(C)C)c3csc(N)n3)C(=O)O)cc2)[n+](C)n1CCCN.O=C([O-])C(F)(F)F. The van der Waals surface area contributed by atoms with Crippen molar-refractivity contribution in [3.63, 3.8) is 0 Å². The number of benzene rings is 1. The second-order valence-corrected chi connectivity index (χ2v) is 13.6. The van der Waals surface area contributed by atoms with Crippen LogP contribution >= 0.6 is 11.3 Å². The minimum Gasteiger partial charge on any atom is -0.542 e. The molecule has 0 saturated carbocycles. The molecule has 1 saturated heterocycles. The van der Waals surface area contributed by atoms with Gasteiger partial charge in [0.2, 0.25) is 5.69 Å². The number of β-lactam (4-membered cyclic amide) rings is 1. The molecule has 1 aliphatic rings. The molecule has 25 heteroatoms. The van der Waals surface area contributed by atoms with Crippen molar-refractivity contribution in [1.29, 1.82) is 0 Å². The number of hydrogen-bond donors (Lipinski definition) is 5. The van der Waals surface area contributed by atoms with Crippen LogP contribution in [0.25, 0.3) is 11.3 Å². The second kappa shape index (κ2) is 17.2. The Morgan fingerprint density at radius 2 is 1.85 bits per heavy atom. The van der Waals surface area contributed by atoms with Crippen LogP contribution < -0.4 is 31.3 Å². The number of carboxylic acid groups (broad SMARTS) is 2. The number of nitrogen functional groups attached to an aromatic ring is 1. The van der Waals surface area contributed by atoms with Crippen LogP contribution in [0.5, 0.6) is 5.75 Å². The molecule has 2 atom stereocenters. The first-order valence-electron chi connectivity index (χ1n) is 15.3. The zero-order valence-corrected chi connectivity index (χ0v) is 30.4. The lowest BCUT2D eigenvalue weighted by molar-refractivity contribution is -0.744. The fourth-order valence-corrected chi connectivity index (χ4v) is 5.75. The van der Waals surface area contributed by atoms with E-state index in [1.807, 2.05) is 36.9 Å². The maximum atomic E-state index is 13.2. The van der Waals surface area contributed by atoms with Crippen LogP contribution in [0.15, 0.2) is 40.9 Å². The number of ether oxygens (including phenoxy) is 1. The van der Waals surface area contributed by atoms with Crippen LogP contribution in [0.2, 0.25) is 0 Å². The summed E-state index contributed by atoms with van der Waals surface area (Å²) in [6, 6.07) is 7.73. The first-order valence-corrected chi connectivity index (χ1v) is 17.5. The number of anilines is 1. The third-order valence-electron chi connectivity index (χ3n) is 7.47. The molecule has 0 bridgehead atoms. The molecular formula is C29H35F3N8O12S2. The zero-order valence-electron chi connectivity index (χ0n) is 28.8. The third kappa shape index (κ3) is 10.8. The molecular weight excluding hydrogens is 773 g/mol. The van der Waals surface area contributed by atoms with Gasteiger partial charge in [0.05, 0.1) is 17.8 Å². The van der Waals surface area contributed by atoms with Gasteiger partial charge in [-0.1, -0.05) is 5.16 Å². The highest BCUT2D eigenvalue weighted by molar-refractivity contribution is 7.80. The molecule has 0 aliphatic carbocycles. The summed E-state index contributed by atoms with van der Waals surface area (Å²) in [5.41, 5.74) is 12.3. The number of hydroxylamine groups is 2. The standard InChI is InChI=1S/C27H34N8O10S2.C2HF3O2/c1-15-12-19(33(4)34(15)11-5-10-28)16-6-8-17(9-7-16)43-13-20(25(38)39)44-32-21(18-14-46-26(29)30-18)23(36)31-22-24(37)35(27(22,2)3)45-47(40,41)42;3-2(4,5)1(6)7/h6-9,12,14,20,22H,5,10-11,13,28H2,1-4H3,(H4-,29,30,31,36,38,39,40,41,42);(H,6,7)/b32-21-;/t20?,22-;/m1./s1. The Morgan fingerprint density at radius 3 is 2.33 bits per heavy atom. The molecule has 296 valence electrons. The molecule has 1 aromatic carbocycles. The topological polar surface area (TPSA) is 295 Å². The predicted octanol–water partition coefficient (Wildman–Crippen LogP) is -0.933. The summed E-state index contributed by atoms with van der Waals surface area (Å²) in [4.78, 5) is 55.7. The lowest BCUT2D eigenvalue weighted by atomic mass is 9.84. The summed E-state index contributed by atoms with van der Waals surface area (Å²) in [5, 5.41) is 26.4. The number of carboxylic acids is 2. The summed E-state index contributed by atoms with van der Waals surface area (Å²) in [7, 11) is -3.07. The first-order chi connectivity index (χ1) is 25.0. The first kappa shape index (κ1) is 43.0. The Bertz CT molecular complexity index is 2000. The molecule has 3 aromatic rings. The van der Waals surface area contributed by atoms with Crippen LogP contribution in [-0.2, 0) is 52.3 Å². The van der Waals surface area contributed by atoms with Gasteiger partial charge in [0, 0.05) is 17.0 Å². The van der Waals surface area contributed by atoms with Crippen molar-refractivity contribution in [2.75, 3.05) is 18.9 Å². The highest BCUT2D eigenvalue weighted by Crippen LogP contribution is 2.33. The van der Waals surface area contributed by atoms with E-state index in [0.717, 1.165) is 41.3 Å². The number of aryl methyl sites for hydroxylation is 1. The number of nitrogens with one attached hydrogen (secondary N) is 1. The summed E-state index contributed by atoms with van der Waals surface area (Å²) in [5.74, 6) is -6.11. The number of nitrogens with zero attached hydrogens (tertiary/aromatic N) is 5. The quantitative estimate of drug-likeness (QED) is 0.0407. The number of halogens is 3. The highest BCUT2D eigenvalue weighted by atomic mass is 32.3. The van der Waals surface area contributed by atoms with Crippen molar-refractivity contribution in [2.45, 2.75) is 57.6 Å². The van der Waals surface area contributed by atoms with Crippen LogP contribution in [0.4, 0.5) is 18.3 Å². The fraction of sp³-hybridized carbons (Fsp3) is 0.414. The van der Waals surface area contributed by atoms with Crippen LogP contribution in [0.1, 0.15) is 31.7 Å². The van der Waals surface area contributed by atoms with Crippen molar-refractivity contribution in [3.8, 4) is 17.0 Å². The number of thiazole rings is 1. The highest BCUT2D eigenvalue weighted by Gasteiger charge is 2.58. The van der Waals surface area contributed by atoms with Gasteiger partial charge in [0.1, 0.15) is 30.1 Å². The number of hydrogen-bond acceptors (Lipinski definition) is 15. The van der Waals surface area contributed by atoms with E-state index in [4.69, 9.17) is 35.5 Å². The average molecular weight is 809 g/mol. The Labute approximate surface area is 308 Å². The monoisotopic (exact) mass is 808 g/mol. The Morgan fingerprint density at radius 1 is 1.24 bits per heavy atom. The van der Waals surface area contributed by atoms with Gasteiger partial charge in [0.25, 0.3) is 17.9 Å². The van der Waals surface area contributed by atoms with Gasteiger partial charge in [0.15, 0.2) is 17.9 Å². The summed E-state index contributed by atoms with van der Waals surface area (Å²) >= 11 is 0.961. The normalized spacial score (nSPS) is 16.1. The molecule has 4 rings (SSSR count). The van der Waals surface area contributed by atoms with E-state index < -0.39 is 70.3 Å². The Balaban J connectivity index is 0.00000102. The second-order valence-electron chi connectivity index (χ2n) is 11.7. The molecule has 1 unspecified atom stereocenters. The number of aliphatic carboxylic acids is 2. The lowest BCUT2D eigenvalue weighted by Gasteiger charge is -2.50. The van der Waals surface area contributed by atoms with E-state index in [1.165, 1.54) is 19.2 Å². The van der Waals surface area contributed by atoms with E-state index in [1.54, 1.807) is 12.1 Å². The van der Waals surface area contributed by atoms with Crippen molar-refractivity contribution >= 4 is 56.3 Å². The Kier molecular flexibility index (Phi) is 13.7. The van der Waals surface area contributed by atoms with Gasteiger partial charge in [-0.15, -0.1) is 20.3 Å². The van der Waals surface area contributed by atoms with Crippen LogP contribution in [0.3, 0.4) is 0 Å². The maximum Gasteiger partial charge on any atom is 0.430 e. The van der Waals surface area contributed by atoms with E-state index in [-0.39, 0.29) is 10.8 Å². The Hall–Kier alpha value is -5.37. The van der Waals surface area contributed by atoms with E-state index >= 15 is 0 Å². The van der Waals surface area contributed by atoms with Crippen molar-refractivity contribution in [3.05, 3.63) is 47.1 Å². The maximum absolute atomic E-state index is 13.2. The molecule has 0 spiro atoms. The van der Waals surface area contributed by atoms with Gasteiger partial charge in [-0.25, -0.2) is 9.78 Å². The van der Waals surface area contributed by atoms with Crippen molar-refractivity contribution in [1.82, 2.24) is 20.0 Å². The number of nitrogens with two attached hydrogens (primary N) is 2. The van der Waals surface area contributed by atoms with Crippen LogP contribution in [0, 0.1) is 6.92 Å². The summed E-state index contributed by atoms with van der Waals surface area (Å²) in [6.45, 7) is 5.60. The van der Waals surface area contributed by atoms with Crippen LogP contribution in [-0.4, -0.2) is 99.3 Å². The number of carbonyl (C=O) groups excluding carboxylic acids is 3. The van der Waals surface area contributed by atoms with Gasteiger partial charge in [-0.05, 0) is 58.0 Å². The lowest BCUT2D eigenvalue weighted by Crippen LogP contribution is -2.76. The molecule has 2 amide bonds. The number of oxime groups is 1. The average Bonchev–Trinajstić information content (AvgIpc) is 3.63. The number of rotatable bonds is 15. The summed E-state index contributed by atoms with van der Waals surface area (Å²) < 4.78 is 76.8. The van der Waals surface area contributed by atoms with Gasteiger partial charge in [-0.2, -0.15) is 31.3 Å². The summed E-state index contributed by atoms with van der Waals surface area (Å²) in [6.07, 6.45) is -6.03. The number of aromatic nitrogens is 3. The third-order valence-corrected chi connectivity index (χ3v) is 8.48. The molecule has 3 heterocycles. The van der Waals surface area contributed by atoms with Gasteiger partial charge < -0.3 is 41.4 Å². The minimum absolute atomic E-state index is 0.0609. The molecule has 20 nitrogen and oxygen atoms in total. The van der Waals surface area contributed by atoms with Crippen molar-refractivity contribution < 1.29 is 74.1 Å². The number of amides is 2. The molecule has 54 heavy (non-hydrogen) atoms. The minimum atomic E-state index is -5.19. The fourth-order valence-electron chi connectivity index (χ4n) is 4.75. The zero-order chi connectivity index (χ0) is 40.8. The number of alkyl halides is 3. The molecule has 1 fully saturated rings. The molecule has 2 aromatic heterocycles. The predicted molar refractivity (Wildman–Crippen MR) is 177 cm³/mol. The number of carbonyl (C=O) groups is 4. The van der Waals surface area contributed by atoms with E-state index in [2.05, 4.69) is 24.4 Å². The molecule has 1 aliphatic heterocycles. The largest absolute Gasteiger partial charge is 0.542 e. The van der Waals surface area contributed by atoms with E-state index in [9.17, 15) is 41.1 Å². The van der Waals surface area contributed by atoms with E-state index in [0.29, 0.717) is 17.4 Å². The molecule has 0 radical (unpaired) electrons. The van der Waals surface area contributed by atoms with Crippen molar-refractivity contribution in [2.24, 2.45) is 17.9 Å². The molecule has 7 N–H and O–H groups in total. The smallest absolute Gasteiger partial charge is 0.430 e. The van der Waals surface area contributed by atoms with Gasteiger partial charge >= 0.3 is 22.5 Å². The van der Waals surface area contributed by atoms with Gasteiger partial charge in [-0.3, -0.25) is 14.1 Å².